The third kappa shape index (κ3) is 3.48. The van der Waals surface area contributed by atoms with Crippen LogP contribution in [-0.2, 0) is 14.3 Å². The van der Waals surface area contributed by atoms with Crippen LogP contribution in [0.1, 0.15) is 33.6 Å². The highest BCUT2D eigenvalue weighted by Gasteiger charge is 2.29. The Morgan fingerprint density at radius 1 is 1.56 bits per heavy atom. The van der Waals surface area contributed by atoms with Gasteiger partial charge in [-0.15, -0.1) is 0 Å². The van der Waals surface area contributed by atoms with Crippen LogP contribution in [0.5, 0.6) is 0 Å². The van der Waals surface area contributed by atoms with E-state index in [0.717, 1.165) is 6.42 Å². The van der Waals surface area contributed by atoms with E-state index < -0.39 is 0 Å². The Labute approximate surface area is 95.9 Å². The lowest BCUT2D eigenvalue weighted by Gasteiger charge is -2.19. The molecule has 0 spiro atoms. The molecule has 1 amide bonds. The number of hydrogen-bond acceptors (Lipinski definition) is 4. The molecule has 0 aromatic heterocycles. The summed E-state index contributed by atoms with van der Waals surface area (Å²) in [7, 11) is 0. The van der Waals surface area contributed by atoms with E-state index in [1.807, 2.05) is 13.8 Å². The molecule has 0 bridgehead atoms. The minimum Gasteiger partial charge on any atom is -0.464 e. The van der Waals surface area contributed by atoms with Crippen molar-refractivity contribution in [1.29, 1.82) is 0 Å². The number of esters is 1. The Kier molecular flexibility index (Phi) is 4.73. The Morgan fingerprint density at radius 3 is 2.75 bits per heavy atom. The van der Waals surface area contributed by atoms with Crippen molar-refractivity contribution in [2.75, 3.05) is 6.61 Å². The van der Waals surface area contributed by atoms with Gasteiger partial charge in [0, 0.05) is 12.5 Å². The standard InChI is InChI=1S/C11H20N2O3/c1-4-7(2)12-10(14)8(3)13-9-5-6-16-11(9)15/h7-9,13H,4-6H2,1-3H3,(H,12,14). The summed E-state index contributed by atoms with van der Waals surface area (Å²) in [6, 6.07) is -0.547. The van der Waals surface area contributed by atoms with Crippen LogP contribution in [0, 0.1) is 0 Å². The first-order chi connectivity index (χ1) is 7.54. The van der Waals surface area contributed by atoms with Gasteiger partial charge in [-0.1, -0.05) is 6.92 Å². The summed E-state index contributed by atoms with van der Waals surface area (Å²) in [5.74, 6) is -0.336. The molecule has 1 aliphatic heterocycles. The average Bonchev–Trinajstić information content (AvgIpc) is 2.64. The van der Waals surface area contributed by atoms with Crippen LogP contribution in [-0.4, -0.2) is 36.6 Å². The largest absolute Gasteiger partial charge is 0.464 e. The number of ether oxygens (including phenoxy) is 1. The van der Waals surface area contributed by atoms with Gasteiger partial charge in [0.1, 0.15) is 6.04 Å². The van der Waals surface area contributed by atoms with Gasteiger partial charge in [0.15, 0.2) is 0 Å². The fraction of sp³-hybridized carbons (Fsp3) is 0.818. The van der Waals surface area contributed by atoms with E-state index >= 15 is 0 Å². The molecule has 0 aromatic rings. The molecule has 1 heterocycles. The zero-order chi connectivity index (χ0) is 12.1. The smallest absolute Gasteiger partial charge is 0.323 e. The minimum absolute atomic E-state index is 0.0750. The van der Waals surface area contributed by atoms with Crippen molar-refractivity contribution >= 4 is 11.9 Å². The second-order valence-electron chi connectivity index (χ2n) is 4.21. The van der Waals surface area contributed by atoms with Crippen molar-refractivity contribution in [3.63, 3.8) is 0 Å². The van der Waals surface area contributed by atoms with E-state index in [2.05, 4.69) is 10.6 Å². The minimum atomic E-state index is -0.371. The summed E-state index contributed by atoms with van der Waals surface area (Å²) in [4.78, 5) is 22.9. The molecular formula is C11H20N2O3. The third-order valence-electron chi connectivity index (χ3n) is 2.78. The first kappa shape index (κ1) is 13.0. The van der Waals surface area contributed by atoms with Crippen molar-refractivity contribution in [2.45, 2.75) is 51.7 Å². The highest BCUT2D eigenvalue weighted by molar-refractivity contribution is 5.83. The number of rotatable bonds is 5. The zero-order valence-electron chi connectivity index (χ0n) is 10.1. The molecule has 1 fully saturated rings. The van der Waals surface area contributed by atoms with Crippen LogP contribution in [0.25, 0.3) is 0 Å². The summed E-state index contributed by atoms with van der Waals surface area (Å²) < 4.78 is 4.82. The molecule has 3 atom stereocenters. The Bertz CT molecular complexity index is 268. The van der Waals surface area contributed by atoms with Crippen LogP contribution in [0.4, 0.5) is 0 Å². The number of cyclic esters (lactones) is 1. The Balaban J connectivity index is 2.36. The monoisotopic (exact) mass is 228 g/mol. The van der Waals surface area contributed by atoms with Crippen molar-refractivity contribution < 1.29 is 14.3 Å². The van der Waals surface area contributed by atoms with E-state index in [1.54, 1.807) is 6.92 Å². The summed E-state index contributed by atoms with van der Waals surface area (Å²) in [6.07, 6.45) is 1.53. The first-order valence-electron chi connectivity index (χ1n) is 5.77. The fourth-order valence-corrected chi connectivity index (χ4v) is 1.49. The first-order valence-corrected chi connectivity index (χ1v) is 5.77. The maximum atomic E-state index is 11.7. The molecule has 0 saturated carbocycles. The number of nitrogens with one attached hydrogen (secondary N) is 2. The van der Waals surface area contributed by atoms with Gasteiger partial charge in [-0.2, -0.15) is 0 Å². The van der Waals surface area contributed by atoms with Crippen molar-refractivity contribution in [3.8, 4) is 0 Å². The summed E-state index contributed by atoms with van der Waals surface area (Å²) in [6.45, 7) is 6.16. The van der Waals surface area contributed by atoms with E-state index in [0.29, 0.717) is 13.0 Å². The van der Waals surface area contributed by atoms with E-state index in [4.69, 9.17) is 4.74 Å². The molecule has 0 aromatic carbocycles. The molecule has 5 heteroatoms. The lowest BCUT2D eigenvalue weighted by molar-refractivity contribution is -0.139. The van der Waals surface area contributed by atoms with E-state index in [-0.39, 0.29) is 30.0 Å². The topological polar surface area (TPSA) is 67.4 Å². The van der Waals surface area contributed by atoms with Crippen molar-refractivity contribution in [2.24, 2.45) is 0 Å². The number of amides is 1. The number of hydrogen-bond donors (Lipinski definition) is 2. The van der Waals surface area contributed by atoms with Gasteiger partial charge in [0.05, 0.1) is 12.6 Å². The van der Waals surface area contributed by atoms with Gasteiger partial charge in [0.2, 0.25) is 5.91 Å². The SMILES string of the molecule is CCC(C)NC(=O)C(C)NC1CCOC1=O. The van der Waals surface area contributed by atoms with Gasteiger partial charge in [0.25, 0.3) is 0 Å². The molecule has 2 N–H and O–H groups in total. The normalized spacial score (nSPS) is 23.7. The maximum absolute atomic E-state index is 11.7. The average molecular weight is 228 g/mol. The predicted octanol–water partition coefficient (Wildman–Crippen LogP) is 0.195. The summed E-state index contributed by atoms with van der Waals surface area (Å²) in [5.41, 5.74) is 0. The molecular weight excluding hydrogens is 208 g/mol. The molecule has 16 heavy (non-hydrogen) atoms. The Hall–Kier alpha value is -1.10. The summed E-state index contributed by atoms with van der Waals surface area (Å²) in [5, 5.41) is 5.84. The maximum Gasteiger partial charge on any atom is 0.323 e. The number of carbonyl (C=O) groups is 2. The van der Waals surface area contributed by atoms with Crippen molar-refractivity contribution in [3.05, 3.63) is 0 Å². The van der Waals surface area contributed by atoms with Crippen molar-refractivity contribution in [1.82, 2.24) is 10.6 Å². The zero-order valence-corrected chi connectivity index (χ0v) is 10.1. The number of carbonyl (C=O) groups excluding carboxylic acids is 2. The molecule has 3 unspecified atom stereocenters. The highest BCUT2D eigenvalue weighted by atomic mass is 16.5. The fourth-order valence-electron chi connectivity index (χ4n) is 1.49. The van der Waals surface area contributed by atoms with Crippen LogP contribution in [0.15, 0.2) is 0 Å². The predicted molar refractivity (Wildman–Crippen MR) is 59.9 cm³/mol. The lowest BCUT2D eigenvalue weighted by atomic mass is 10.2. The highest BCUT2D eigenvalue weighted by Crippen LogP contribution is 2.06. The molecule has 0 aliphatic carbocycles. The van der Waals surface area contributed by atoms with Gasteiger partial charge in [-0.05, 0) is 20.3 Å². The van der Waals surface area contributed by atoms with Crippen LogP contribution < -0.4 is 10.6 Å². The second kappa shape index (κ2) is 5.84. The van der Waals surface area contributed by atoms with Gasteiger partial charge >= 0.3 is 5.97 Å². The summed E-state index contributed by atoms with van der Waals surface area (Å²) >= 11 is 0. The molecule has 1 aliphatic rings. The van der Waals surface area contributed by atoms with E-state index in [1.165, 1.54) is 0 Å². The molecule has 1 saturated heterocycles. The Morgan fingerprint density at radius 2 is 2.25 bits per heavy atom. The second-order valence-corrected chi connectivity index (χ2v) is 4.21. The van der Waals surface area contributed by atoms with Gasteiger partial charge in [-0.25, -0.2) is 0 Å². The molecule has 1 rings (SSSR count). The lowest BCUT2D eigenvalue weighted by Crippen LogP contribution is -2.49. The van der Waals surface area contributed by atoms with Crippen LogP contribution in [0.3, 0.4) is 0 Å². The quantitative estimate of drug-likeness (QED) is 0.659. The third-order valence-corrected chi connectivity index (χ3v) is 2.78. The molecule has 5 nitrogen and oxygen atoms in total. The molecule has 92 valence electrons. The van der Waals surface area contributed by atoms with E-state index in [9.17, 15) is 9.59 Å². The van der Waals surface area contributed by atoms with Gasteiger partial charge < -0.3 is 10.1 Å². The van der Waals surface area contributed by atoms with Crippen LogP contribution in [0.2, 0.25) is 0 Å². The molecule has 0 radical (unpaired) electrons. The van der Waals surface area contributed by atoms with Crippen LogP contribution >= 0.6 is 0 Å². The van der Waals surface area contributed by atoms with Gasteiger partial charge in [-0.3, -0.25) is 14.9 Å².